The first-order valence-corrected chi connectivity index (χ1v) is 4.49. The van der Waals surface area contributed by atoms with Gasteiger partial charge in [0, 0.05) is 6.07 Å². The molecule has 15 heavy (non-hydrogen) atoms. The van der Waals surface area contributed by atoms with Gasteiger partial charge in [0.25, 0.3) is 0 Å². The molecule has 1 aromatic heterocycles. The zero-order valence-electron chi connectivity index (χ0n) is 8.41. The van der Waals surface area contributed by atoms with Gasteiger partial charge in [-0.1, -0.05) is 11.6 Å². The minimum atomic E-state index is 0.250. The summed E-state index contributed by atoms with van der Waals surface area (Å²) in [7, 11) is 0. The van der Waals surface area contributed by atoms with Crippen molar-refractivity contribution in [1.29, 1.82) is 0 Å². The first-order chi connectivity index (χ1) is 7.06. The van der Waals surface area contributed by atoms with Crippen molar-refractivity contribution >= 4 is 23.4 Å². The fraction of sp³-hybridized carbons (Fsp3) is 0.333. The predicted octanol–water partition coefficient (Wildman–Crippen LogP) is 1.44. The lowest BCUT2D eigenvalue weighted by atomic mass is 10.3. The molecule has 6 heteroatoms. The van der Waals surface area contributed by atoms with Crippen LogP contribution in [0.15, 0.2) is 6.07 Å². The van der Waals surface area contributed by atoms with Crippen LogP contribution in [0.3, 0.4) is 0 Å². The zero-order chi connectivity index (χ0) is 11.8. The second-order valence-corrected chi connectivity index (χ2v) is 2.86. The van der Waals surface area contributed by atoms with Gasteiger partial charge in [-0.2, -0.15) is 9.59 Å². The van der Waals surface area contributed by atoms with Crippen molar-refractivity contribution in [2.75, 3.05) is 12.3 Å². The van der Waals surface area contributed by atoms with Gasteiger partial charge in [0.2, 0.25) is 5.88 Å². The maximum atomic E-state index is 8.12. The smallest absolute Gasteiger partial charge is 0.373 e. The van der Waals surface area contributed by atoms with Crippen LogP contribution in [-0.2, 0) is 9.59 Å². The van der Waals surface area contributed by atoms with E-state index in [9.17, 15) is 0 Å². The monoisotopic (exact) mass is 230 g/mol. The highest BCUT2D eigenvalue weighted by Crippen LogP contribution is 2.24. The van der Waals surface area contributed by atoms with Gasteiger partial charge in [-0.15, -0.1) is 0 Å². The molecule has 0 aliphatic heterocycles. The van der Waals surface area contributed by atoms with E-state index in [4.69, 9.17) is 31.7 Å². The molecule has 0 aliphatic carbocycles. The lowest BCUT2D eigenvalue weighted by Crippen LogP contribution is -1.99. The Kier molecular flexibility index (Phi) is 6.09. The molecule has 0 amide bonds. The predicted molar refractivity (Wildman–Crippen MR) is 54.6 cm³/mol. The van der Waals surface area contributed by atoms with Crippen molar-refractivity contribution in [2.45, 2.75) is 13.8 Å². The molecule has 0 atom stereocenters. The number of halogens is 1. The third kappa shape index (κ3) is 4.44. The van der Waals surface area contributed by atoms with E-state index in [0.29, 0.717) is 28.9 Å². The molecule has 0 radical (unpaired) electrons. The first kappa shape index (κ1) is 13.4. The number of nitrogens with zero attached hydrogens (tertiary/aromatic N) is 1. The van der Waals surface area contributed by atoms with Crippen molar-refractivity contribution in [1.82, 2.24) is 4.98 Å². The Morgan fingerprint density at radius 3 is 2.53 bits per heavy atom. The highest BCUT2D eigenvalue weighted by molar-refractivity contribution is 6.33. The number of rotatable bonds is 2. The molecule has 0 fully saturated rings. The van der Waals surface area contributed by atoms with E-state index < -0.39 is 0 Å². The third-order valence-electron chi connectivity index (χ3n) is 1.47. The molecular weight excluding hydrogens is 220 g/mol. The summed E-state index contributed by atoms with van der Waals surface area (Å²) in [5.74, 6) is 0.522. The molecule has 82 valence electrons. The minimum Gasteiger partial charge on any atom is -0.478 e. The third-order valence-corrected chi connectivity index (χ3v) is 1.78. The number of carbonyl (C=O) groups excluding carboxylic acids is 2. The SMILES string of the molecule is CCOc1cc(Cl)c(N)c(C)n1.O=C=O. The van der Waals surface area contributed by atoms with Crippen LogP contribution in [0.1, 0.15) is 12.6 Å². The molecular formula is C9H11ClN2O3. The minimum absolute atomic E-state index is 0.250. The summed E-state index contributed by atoms with van der Waals surface area (Å²) in [5, 5.41) is 0.492. The molecule has 0 saturated carbocycles. The molecule has 0 bridgehead atoms. The van der Waals surface area contributed by atoms with Gasteiger partial charge in [-0.25, -0.2) is 4.98 Å². The van der Waals surface area contributed by atoms with Gasteiger partial charge in [0.1, 0.15) is 0 Å². The molecule has 5 nitrogen and oxygen atoms in total. The Hall–Kier alpha value is -1.58. The van der Waals surface area contributed by atoms with Gasteiger partial charge >= 0.3 is 6.15 Å². The van der Waals surface area contributed by atoms with Crippen LogP contribution in [0.5, 0.6) is 5.88 Å². The zero-order valence-corrected chi connectivity index (χ0v) is 9.17. The second kappa shape index (κ2) is 6.81. The number of hydrogen-bond donors (Lipinski definition) is 1. The molecule has 0 unspecified atom stereocenters. The average molecular weight is 231 g/mol. The van der Waals surface area contributed by atoms with Gasteiger partial charge in [-0.3, -0.25) is 0 Å². The summed E-state index contributed by atoms with van der Waals surface area (Å²) < 4.78 is 5.17. The van der Waals surface area contributed by atoms with Gasteiger partial charge < -0.3 is 10.5 Å². The number of aryl methyl sites for hydroxylation is 1. The van der Waals surface area contributed by atoms with Gasteiger partial charge in [0.15, 0.2) is 0 Å². The number of hydrogen-bond acceptors (Lipinski definition) is 5. The summed E-state index contributed by atoms with van der Waals surface area (Å²) in [4.78, 5) is 20.3. The molecule has 0 aromatic carbocycles. The van der Waals surface area contributed by atoms with Crippen LogP contribution in [-0.4, -0.2) is 17.7 Å². The highest BCUT2D eigenvalue weighted by atomic mass is 35.5. The van der Waals surface area contributed by atoms with E-state index in [-0.39, 0.29) is 6.15 Å². The van der Waals surface area contributed by atoms with E-state index >= 15 is 0 Å². The summed E-state index contributed by atoms with van der Waals surface area (Å²) in [6, 6.07) is 1.62. The van der Waals surface area contributed by atoms with Crippen molar-refractivity contribution in [3.63, 3.8) is 0 Å². The summed E-state index contributed by atoms with van der Waals surface area (Å²) >= 11 is 5.81. The van der Waals surface area contributed by atoms with E-state index in [1.165, 1.54) is 0 Å². The Balaban J connectivity index is 0.000000583. The van der Waals surface area contributed by atoms with Crippen LogP contribution in [0.2, 0.25) is 5.02 Å². The largest absolute Gasteiger partial charge is 0.478 e. The standard InChI is InChI=1S/C8H11ClN2O.CO2/c1-3-12-7-4-6(9)8(10)5(2)11-7;2-1-3/h4H,3,10H2,1-2H3;. The lowest BCUT2D eigenvalue weighted by molar-refractivity contribution is -0.191. The fourth-order valence-corrected chi connectivity index (χ4v) is 1.07. The van der Waals surface area contributed by atoms with Crippen LogP contribution in [0, 0.1) is 6.92 Å². The molecule has 0 aliphatic rings. The number of anilines is 1. The van der Waals surface area contributed by atoms with E-state index in [1.54, 1.807) is 13.0 Å². The molecule has 1 rings (SSSR count). The van der Waals surface area contributed by atoms with Gasteiger partial charge in [0.05, 0.1) is 23.0 Å². The molecule has 0 saturated heterocycles. The summed E-state index contributed by atoms with van der Waals surface area (Å²) in [6.07, 6.45) is 0.250. The Bertz CT molecular complexity index is 339. The van der Waals surface area contributed by atoms with Crippen molar-refractivity contribution < 1.29 is 14.3 Å². The topological polar surface area (TPSA) is 82.3 Å². The van der Waals surface area contributed by atoms with Crippen molar-refractivity contribution in [2.24, 2.45) is 0 Å². The number of pyridine rings is 1. The maximum absolute atomic E-state index is 8.12. The fourth-order valence-electron chi connectivity index (χ4n) is 0.839. The molecule has 0 spiro atoms. The number of aromatic nitrogens is 1. The first-order valence-electron chi connectivity index (χ1n) is 4.11. The summed E-state index contributed by atoms with van der Waals surface area (Å²) in [5.41, 5.74) is 6.81. The molecule has 2 N–H and O–H groups in total. The van der Waals surface area contributed by atoms with Crippen LogP contribution in [0.4, 0.5) is 5.69 Å². The number of ether oxygens (including phenoxy) is 1. The van der Waals surface area contributed by atoms with E-state index in [0.717, 1.165) is 0 Å². The normalized spacial score (nSPS) is 8.47. The van der Waals surface area contributed by atoms with E-state index in [2.05, 4.69) is 4.98 Å². The van der Waals surface area contributed by atoms with Crippen LogP contribution >= 0.6 is 11.6 Å². The Morgan fingerprint density at radius 1 is 1.60 bits per heavy atom. The number of nitrogen functional groups attached to an aromatic ring is 1. The second-order valence-electron chi connectivity index (χ2n) is 2.46. The van der Waals surface area contributed by atoms with Gasteiger partial charge in [-0.05, 0) is 13.8 Å². The molecule has 1 aromatic rings. The lowest BCUT2D eigenvalue weighted by Gasteiger charge is -2.06. The Morgan fingerprint density at radius 2 is 2.13 bits per heavy atom. The van der Waals surface area contributed by atoms with Crippen LogP contribution in [0.25, 0.3) is 0 Å². The quantitative estimate of drug-likeness (QED) is 0.831. The average Bonchev–Trinajstić information content (AvgIpc) is 2.16. The van der Waals surface area contributed by atoms with Crippen molar-refractivity contribution in [3.05, 3.63) is 16.8 Å². The molecule has 1 heterocycles. The number of nitrogens with two attached hydrogens (primary N) is 1. The Labute approximate surface area is 92.2 Å². The highest BCUT2D eigenvalue weighted by Gasteiger charge is 2.04. The maximum Gasteiger partial charge on any atom is 0.373 e. The van der Waals surface area contributed by atoms with Crippen LogP contribution < -0.4 is 10.5 Å². The van der Waals surface area contributed by atoms with Crippen molar-refractivity contribution in [3.8, 4) is 5.88 Å². The summed E-state index contributed by atoms with van der Waals surface area (Å²) in [6.45, 7) is 4.26. The van der Waals surface area contributed by atoms with E-state index in [1.807, 2.05) is 6.92 Å².